The van der Waals surface area contributed by atoms with E-state index in [1.807, 2.05) is 42.5 Å². The number of carbonyl (C=O) groups excluding carboxylic acids is 1. The molecule has 6 heteroatoms. The first-order chi connectivity index (χ1) is 14.8. The van der Waals surface area contributed by atoms with Gasteiger partial charge in [0.1, 0.15) is 0 Å². The summed E-state index contributed by atoms with van der Waals surface area (Å²) in [5, 5.41) is 4.06. The molecule has 0 atom stereocenters. The van der Waals surface area contributed by atoms with Crippen LogP contribution in [0.15, 0.2) is 54.7 Å². The predicted octanol–water partition coefficient (Wildman–Crippen LogP) is 4.35. The largest absolute Gasteiger partial charge is 0.454 e. The molecule has 1 fully saturated rings. The van der Waals surface area contributed by atoms with Gasteiger partial charge in [0.2, 0.25) is 12.7 Å². The lowest BCUT2D eigenvalue weighted by Gasteiger charge is -2.28. The zero-order valence-corrected chi connectivity index (χ0v) is 16.8. The normalized spacial score (nSPS) is 15.8. The van der Waals surface area contributed by atoms with Gasteiger partial charge in [-0.1, -0.05) is 25.0 Å². The molecule has 1 amide bonds. The van der Waals surface area contributed by atoms with Gasteiger partial charge in [-0.15, -0.1) is 0 Å². The van der Waals surface area contributed by atoms with E-state index in [1.54, 1.807) is 6.20 Å². The Morgan fingerprint density at radius 2 is 1.93 bits per heavy atom. The van der Waals surface area contributed by atoms with Gasteiger partial charge in [0.25, 0.3) is 0 Å². The molecule has 6 nitrogen and oxygen atoms in total. The Morgan fingerprint density at radius 3 is 2.83 bits per heavy atom. The van der Waals surface area contributed by atoms with E-state index in [0.717, 1.165) is 46.5 Å². The van der Waals surface area contributed by atoms with Gasteiger partial charge in [-0.25, -0.2) is 0 Å². The van der Waals surface area contributed by atoms with Crippen LogP contribution >= 0.6 is 0 Å². The molecule has 30 heavy (non-hydrogen) atoms. The van der Waals surface area contributed by atoms with Crippen molar-refractivity contribution in [2.24, 2.45) is 0 Å². The first-order valence-corrected chi connectivity index (χ1v) is 10.5. The number of amides is 1. The maximum absolute atomic E-state index is 13.0. The first-order valence-electron chi connectivity index (χ1n) is 10.5. The summed E-state index contributed by atoms with van der Waals surface area (Å²) in [7, 11) is 0. The summed E-state index contributed by atoms with van der Waals surface area (Å²) in [6.45, 7) is 1.34. The van der Waals surface area contributed by atoms with E-state index in [-0.39, 0.29) is 12.7 Å². The zero-order chi connectivity index (χ0) is 20.3. The molecule has 2 aliphatic rings. The molecule has 1 aliphatic carbocycles. The minimum absolute atomic E-state index is 0.000929. The van der Waals surface area contributed by atoms with Gasteiger partial charge < -0.3 is 14.8 Å². The van der Waals surface area contributed by atoms with E-state index in [1.165, 1.54) is 12.8 Å². The Morgan fingerprint density at radius 1 is 1.07 bits per heavy atom. The second-order valence-electron chi connectivity index (χ2n) is 7.95. The number of nitrogens with zero attached hydrogens (tertiary/aromatic N) is 2. The minimum atomic E-state index is -0.000929. The monoisotopic (exact) mass is 403 g/mol. The quantitative estimate of drug-likeness (QED) is 0.663. The van der Waals surface area contributed by atoms with E-state index in [0.29, 0.717) is 19.1 Å². The number of hydrogen-bond acceptors (Lipinski definition) is 5. The molecule has 0 spiro atoms. The van der Waals surface area contributed by atoms with Gasteiger partial charge in [-0.2, -0.15) is 0 Å². The number of benzene rings is 2. The second-order valence-corrected chi connectivity index (χ2v) is 7.95. The van der Waals surface area contributed by atoms with Gasteiger partial charge in [-0.05, 0) is 54.8 Å². The molecule has 3 aromatic rings. The highest BCUT2D eigenvalue weighted by atomic mass is 16.7. The van der Waals surface area contributed by atoms with Crippen molar-refractivity contribution in [2.75, 3.05) is 18.7 Å². The molecular formula is C24H25N3O3. The first kappa shape index (κ1) is 18.9. The van der Waals surface area contributed by atoms with Crippen molar-refractivity contribution >= 4 is 22.5 Å². The van der Waals surface area contributed by atoms with E-state index in [2.05, 4.69) is 21.3 Å². The summed E-state index contributed by atoms with van der Waals surface area (Å²) in [6, 6.07) is 16.1. The number of hydrogen-bond donors (Lipinski definition) is 1. The number of pyridine rings is 1. The second kappa shape index (κ2) is 8.32. The van der Waals surface area contributed by atoms with Crippen molar-refractivity contribution < 1.29 is 14.3 Å². The highest BCUT2D eigenvalue weighted by Gasteiger charge is 2.25. The highest BCUT2D eigenvalue weighted by Crippen LogP contribution is 2.33. The summed E-state index contributed by atoms with van der Waals surface area (Å²) in [4.78, 5) is 19.7. The van der Waals surface area contributed by atoms with Crippen LogP contribution in [-0.4, -0.2) is 35.2 Å². The fourth-order valence-electron chi connectivity index (χ4n) is 4.44. The Bertz CT molecular complexity index is 1060. The average Bonchev–Trinajstić information content (AvgIpc) is 3.45. The number of aromatic nitrogens is 1. The third-order valence-corrected chi connectivity index (χ3v) is 5.93. The number of nitrogens with one attached hydrogen (secondary N) is 1. The summed E-state index contributed by atoms with van der Waals surface area (Å²) in [5.41, 5.74) is 2.82. The lowest BCUT2D eigenvalue weighted by Crippen LogP contribution is -2.39. The lowest BCUT2D eigenvalue weighted by molar-refractivity contribution is -0.118. The van der Waals surface area contributed by atoms with Crippen LogP contribution in [0, 0.1) is 0 Å². The molecule has 0 saturated heterocycles. The number of ether oxygens (including phenoxy) is 2. The van der Waals surface area contributed by atoms with Crippen molar-refractivity contribution in [3.05, 3.63) is 60.3 Å². The standard InChI is InChI=1S/C24H25N3O3/c28-24(26-21-9-3-8-20-19(21)7-4-12-25-20)15-27(18-5-1-2-6-18)14-17-10-11-22-23(13-17)30-16-29-22/h3-4,7-13,18H,1-2,5-6,14-16H2,(H,26,28). The number of rotatable bonds is 6. The fourth-order valence-corrected chi connectivity index (χ4v) is 4.44. The van der Waals surface area contributed by atoms with Crippen LogP contribution in [0.5, 0.6) is 11.5 Å². The molecule has 1 aromatic heterocycles. The van der Waals surface area contributed by atoms with Crippen LogP contribution in [0.2, 0.25) is 0 Å². The molecule has 0 radical (unpaired) electrons. The van der Waals surface area contributed by atoms with Gasteiger partial charge in [-0.3, -0.25) is 14.7 Å². The maximum Gasteiger partial charge on any atom is 0.238 e. The van der Waals surface area contributed by atoms with Crippen LogP contribution in [0.4, 0.5) is 5.69 Å². The number of anilines is 1. The third kappa shape index (κ3) is 3.96. The Hall–Kier alpha value is -3.12. The van der Waals surface area contributed by atoms with E-state index in [9.17, 15) is 4.79 Å². The number of carbonyl (C=O) groups is 1. The van der Waals surface area contributed by atoms with Crippen LogP contribution < -0.4 is 14.8 Å². The Labute approximate surface area is 175 Å². The van der Waals surface area contributed by atoms with E-state index < -0.39 is 0 Å². The van der Waals surface area contributed by atoms with Crippen LogP contribution in [-0.2, 0) is 11.3 Å². The molecule has 154 valence electrons. The molecule has 2 aromatic carbocycles. The summed E-state index contributed by atoms with van der Waals surface area (Å²) >= 11 is 0. The zero-order valence-electron chi connectivity index (χ0n) is 16.8. The fraction of sp³-hybridized carbons (Fsp3) is 0.333. The number of fused-ring (bicyclic) bond motifs is 2. The summed E-state index contributed by atoms with van der Waals surface area (Å²) in [6.07, 6.45) is 6.48. The Balaban J connectivity index is 1.32. The van der Waals surface area contributed by atoms with Crippen LogP contribution in [0.25, 0.3) is 10.9 Å². The SMILES string of the molecule is O=C(CN(Cc1ccc2c(c1)OCO2)C1CCCC1)Nc1cccc2ncccc12. The molecule has 0 bridgehead atoms. The molecule has 2 heterocycles. The Kier molecular flexibility index (Phi) is 5.24. The molecule has 0 unspecified atom stereocenters. The smallest absolute Gasteiger partial charge is 0.238 e. The molecule has 1 saturated carbocycles. The van der Waals surface area contributed by atoms with Crippen molar-refractivity contribution in [1.82, 2.24) is 9.88 Å². The van der Waals surface area contributed by atoms with Crippen molar-refractivity contribution in [3.8, 4) is 11.5 Å². The molecule has 1 aliphatic heterocycles. The van der Waals surface area contributed by atoms with E-state index in [4.69, 9.17) is 9.47 Å². The summed E-state index contributed by atoms with van der Waals surface area (Å²) < 4.78 is 10.9. The molecular weight excluding hydrogens is 378 g/mol. The van der Waals surface area contributed by atoms with Gasteiger partial charge in [0.05, 0.1) is 17.7 Å². The van der Waals surface area contributed by atoms with Gasteiger partial charge >= 0.3 is 0 Å². The lowest BCUT2D eigenvalue weighted by atomic mass is 10.1. The highest BCUT2D eigenvalue weighted by molar-refractivity contribution is 6.01. The van der Waals surface area contributed by atoms with E-state index >= 15 is 0 Å². The average molecular weight is 403 g/mol. The van der Waals surface area contributed by atoms with Crippen molar-refractivity contribution in [2.45, 2.75) is 38.3 Å². The van der Waals surface area contributed by atoms with Crippen LogP contribution in [0.3, 0.4) is 0 Å². The van der Waals surface area contributed by atoms with Gasteiger partial charge in [0.15, 0.2) is 11.5 Å². The topological polar surface area (TPSA) is 63.7 Å². The summed E-state index contributed by atoms with van der Waals surface area (Å²) in [5.74, 6) is 1.57. The van der Waals surface area contributed by atoms with Crippen molar-refractivity contribution in [3.63, 3.8) is 0 Å². The van der Waals surface area contributed by atoms with Crippen LogP contribution in [0.1, 0.15) is 31.2 Å². The van der Waals surface area contributed by atoms with Gasteiger partial charge in [0, 0.05) is 24.2 Å². The molecule has 1 N–H and O–H groups in total. The molecule has 5 rings (SSSR count). The maximum atomic E-state index is 13.0. The van der Waals surface area contributed by atoms with Crippen molar-refractivity contribution in [1.29, 1.82) is 0 Å². The minimum Gasteiger partial charge on any atom is -0.454 e. The predicted molar refractivity (Wildman–Crippen MR) is 116 cm³/mol. The third-order valence-electron chi connectivity index (χ3n) is 5.93.